The van der Waals surface area contributed by atoms with Crippen molar-refractivity contribution in [3.63, 3.8) is 0 Å². The highest BCUT2D eigenvalue weighted by molar-refractivity contribution is 5.96. The number of phenolic OH excluding ortho intramolecular Hbond substituents is 1. The largest absolute Gasteiger partial charge is 0.508 e. The van der Waals surface area contributed by atoms with E-state index in [4.69, 9.17) is 0 Å². The molecule has 3 aromatic rings. The van der Waals surface area contributed by atoms with Crippen molar-refractivity contribution in [2.75, 3.05) is 6.54 Å². The molecule has 1 aliphatic carbocycles. The lowest BCUT2D eigenvalue weighted by atomic mass is 9.48. The minimum atomic E-state index is -0.270. The number of fused-ring (bicyclic) bond motifs is 5. The predicted molar refractivity (Wildman–Crippen MR) is 131 cm³/mol. The van der Waals surface area contributed by atoms with Crippen LogP contribution < -0.4 is 0 Å². The van der Waals surface area contributed by atoms with Crippen molar-refractivity contribution < 1.29 is 9.90 Å². The monoisotopic (exact) mass is 436 g/mol. The predicted octanol–water partition coefficient (Wildman–Crippen LogP) is 5.43. The Morgan fingerprint density at radius 1 is 1.03 bits per heavy atom. The van der Waals surface area contributed by atoms with Gasteiger partial charge < -0.3 is 10.0 Å². The summed E-state index contributed by atoms with van der Waals surface area (Å²) in [6.07, 6.45) is 4.30. The van der Waals surface area contributed by atoms with Gasteiger partial charge in [0.05, 0.1) is 5.69 Å². The first-order valence-corrected chi connectivity index (χ1v) is 11.8. The van der Waals surface area contributed by atoms with Gasteiger partial charge in [-0.1, -0.05) is 50.2 Å². The molecule has 2 atom stereocenters. The van der Waals surface area contributed by atoms with Crippen LogP contribution in [0.15, 0.2) is 71.7 Å². The van der Waals surface area contributed by atoms with Crippen LogP contribution in [0.5, 0.6) is 5.75 Å². The van der Waals surface area contributed by atoms with Crippen LogP contribution in [-0.4, -0.2) is 34.7 Å². The lowest BCUT2D eigenvalue weighted by molar-refractivity contribution is -0.0176. The molecule has 166 valence electrons. The van der Waals surface area contributed by atoms with Crippen LogP contribution in [0.2, 0.25) is 0 Å². The molecule has 0 spiro atoms. The second-order valence-electron chi connectivity index (χ2n) is 10.2. The molecule has 2 heterocycles. The van der Waals surface area contributed by atoms with E-state index in [9.17, 15) is 9.90 Å². The SMILES string of the molecule is CC1(C)C2Cc3ccc(O)cc3C1(c1ccccc1)CCN2C(=O)c1ccc2c(c1)CC=N2. The summed E-state index contributed by atoms with van der Waals surface area (Å²) in [5, 5.41) is 10.4. The van der Waals surface area contributed by atoms with Crippen LogP contribution in [0.4, 0.5) is 5.69 Å². The molecule has 2 bridgehead atoms. The van der Waals surface area contributed by atoms with Crippen molar-refractivity contribution in [1.82, 2.24) is 4.90 Å². The van der Waals surface area contributed by atoms with E-state index in [1.807, 2.05) is 42.6 Å². The van der Waals surface area contributed by atoms with Crippen molar-refractivity contribution in [3.8, 4) is 5.75 Å². The van der Waals surface area contributed by atoms with E-state index in [0.29, 0.717) is 12.3 Å². The number of piperidine rings is 1. The average Bonchev–Trinajstić information content (AvgIpc) is 3.28. The minimum absolute atomic E-state index is 0.0560. The average molecular weight is 437 g/mol. The maximum Gasteiger partial charge on any atom is 0.254 e. The highest BCUT2D eigenvalue weighted by atomic mass is 16.3. The summed E-state index contributed by atoms with van der Waals surface area (Å²) in [5.74, 6) is 0.406. The molecular formula is C29H28N2O2. The molecule has 0 radical (unpaired) electrons. The molecule has 4 nitrogen and oxygen atoms in total. The second kappa shape index (κ2) is 7.05. The quantitative estimate of drug-likeness (QED) is 0.582. The van der Waals surface area contributed by atoms with Gasteiger partial charge in [-0.2, -0.15) is 0 Å². The molecule has 3 aromatic carbocycles. The molecule has 1 fully saturated rings. The third kappa shape index (κ3) is 2.76. The van der Waals surface area contributed by atoms with Gasteiger partial charge in [-0.3, -0.25) is 9.79 Å². The Morgan fingerprint density at radius 2 is 1.85 bits per heavy atom. The van der Waals surface area contributed by atoms with Crippen molar-refractivity contribution in [2.45, 2.75) is 44.6 Å². The summed E-state index contributed by atoms with van der Waals surface area (Å²) in [5.41, 5.74) is 6.04. The Kier molecular flexibility index (Phi) is 4.32. The summed E-state index contributed by atoms with van der Waals surface area (Å²) < 4.78 is 0. The Balaban J connectivity index is 1.48. The summed E-state index contributed by atoms with van der Waals surface area (Å²) in [6, 6.07) is 22.4. The first-order chi connectivity index (χ1) is 15.9. The highest BCUT2D eigenvalue weighted by Crippen LogP contribution is 2.60. The van der Waals surface area contributed by atoms with Crippen LogP contribution in [0, 0.1) is 5.41 Å². The number of hydrogen-bond acceptors (Lipinski definition) is 3. The van der Waals surface area contributed by atoms with Crippen LogP contribution >= 0.6 is 0 Å². The third-order valence-electron chi connectivity index (χ3n) is 8.40. The number of nitrogens with zero attached hydrogens (tertiary/aromatic N) is 2. The summed E-state index contributed by atoms with van der Waals surface area (Å²) in [4.78, 5) is 20.3. The molecule has 6 rings (SSSR count). The van der Waals surface area contributed by atoms with Gasteiger partial charge in [0.1, 0.15) is 5.75 Å². The number of phenols is 1. The van der Waals surface area contributed by atoms with E-state index in [1.54, 1.807) is 6.07 Å². The lowest BCUT2D eigenvalue weighted by Gasteiger charge is -2.62. The van der Waals surface area contributed by atoms with Gasteiger partial charge in [-0.25, -0.2) is 0 Å². The van der Waals surface area contributed by atoms with Gasteiger partial charge in [0, 0.05) is 36.2 Å². The molecule has 33 heavy (non-hydrogen) atoms. The number of carbonyl (C=O) groups is 1. The molecule has 1 saturated heterocycles. The fourth-order valence-corrected chi connectivity index (χ4v) is 6.69. The number of aromatic hydroxyl groups is 1. The smallest absolute Gasteiger partial charge is 0.254 e. The second-order valence-corrected chi connectivity index (χ2v) is 10.2. The van der Waals surface area contributed by atoms with Crippen LogP contribution in [0.1, 0.15) is 52.9 Å². The van der Waals surface area contributed by atoms with E-state index in [-0.39, 0.29) is 22.8 Å². The minimum Gasteiger partial charge on any atom is -0.508 e. The molecule has 4 heteroatoms. The van der Waals surface area contributed by atoms with Gasteiger partial charge in [0.25, 0.3) is 5.91 Å². The summed E-state index contributed by atoms with van der Waals surface area (Å²) in [7, 11) is 0. The Hall–Kier alpha value is -3.40. The summed E-state index contributed by atoms with van der Waals surface area (Å²) >= 11 is 0. The van der Waals surface area contributed by atoms with Crippen molar-refractivity contribution in [3.05, 3.63) is 94.5 Å². The molecular weight excluding hydrogens is 408 g/mol. The molecule has 1 amide bonds. The fraction of sp³-hybridized carbons (Fsp3) is 0.310. The number of aliphatic imine (C=N–C) groups is 1. The molecule has 2 unspecified atom stereocenters. The first-order valence-electron chi connectivity index (χ1n) is 11.8. The maximum absolute atomic E-state index is 13.8. The van der Waals surface area contributed by atoms with Crippen molar-refractivity contribution >= 4 is 17.8 Å². The van der Waals surface area contributed by atoms with Gasteiger partial charge in [0.15, 0.2) is 0 Å². The zero-order valence-electron chi connectivity index (χ0n) is 19.1. The van der Waals surface area contributed by atoms with Crippen LogP contribution in [-0.2, 0) is 18.3 Å². The normalized spacial score (nSPS) is 24.3. The van der Waals surface area contributed by atoms with Crippen LogP contribution in [0.25, 0.3) is 0 Å². The summed E-state index contributed by atoms with van der Waals surface area (Å²) in [6.45, 7) is 5.28. The van der Waals surface area contributed by atoms with Gasteiger partial charge in [-0.15, -0.1) is 0 Å². The Bertz CT molecular complexity index is 1290. The Labute approximate surface area is 194 Å². The van der Waals surface area contributed by atoms with Gasteiger partial charge >= 0.3 is 0 Å². The van der Waals surface area contributed by atoms with E-state index < -0.39 is 0 Å². The highest BCUT2D eigenvalue weighted by Gasteiger charge is 2.60. The topological polar surface area (TPSA) is 52.9 Å². The standard InChI is InChI=1S/C29H28N2O2/c1-28(2)26-17-19-8-10-23(32)18-24(19)29(28,22-6-4-3-5-7-22)13-15-31(26)27(33)21-9-11-25-20(16-21)12-14-30-25/h3-11,14,16,18,26,32H,12-13,15,17H2,1-2H3. The van der Waals surface area contributed by atoms with Crippen molar-refractivity contribution in [2.24, 2.45) is 10.4 Å². The van der Waals surface area contributed by atoms with Gasteiger partial charge in [-0.05, 0) is 70.8 Å². The number of rotatable bonds is 2. The molecule has 0 saturated carbocycles. The number of carbonyl (C=O) groups excluding carboxylic acids is 1. The first kappa shape index (κ1) is 20.2. The number of likely N-dealkylation sites (tertiary alicyclic amines) is 1. The van der Waals surface area contributed by atoms with Crippen molar-refractivity contribution in [1.29, 1.82) is 0 Å². The molecule has 1 N–H and O–H groups in total. The zero-order valence-corrected chi connectivity index (χ0v) is 19.1. The fourth-order valence-electron chi connectivity index (χ4n) is 6.69. The van der Waals surface area contributed by atoms with E-state index in [0.717, 1.165) is 36.1 Å². The third-order valence-corrected chi connectivity index (χ3v) is 8.40. The van der Waals surface area contributed by atoms with Crippen LogP contribution in [0.3, 0.4) is 0 Å². The van der Waals surface area contributed by atoms with Gasteiger partial charge in [0.2, 0.25) is 0 Å². The van der Waals surface area contributed by atoms with E-state index >= 15 is 0 Å². The van der Waals surface area contributed by atoms with E-state index in [2.05, 4.69) is 48.0 Å². The molecule has 0 aromatic heterocycles. The maximum atomic E-state index is 13.8. The molecule has 3 aliphatic rings. The molecule has 2 aliphatic heterocycles. The number of amides is 1. The lowest BCUT2D eigenvalue weighted by Crippen LogP contribution is -2.66. The number of benzene rings is 3. The van der Waals surface area contributed by atoms with E-state index in [1.165, 1.54) is 16.7 Å². The Morgan fingerprint density at radius 3 is 2.67 bits per heavy atom. The number of hydrogen-bond donors (Lipinski definition) is 1. The zero-order chi connectivity index (χ0) is 22.8.